The van der Waals surface area contributed by atoms with Gasteiger partial charge in [-0.1, -0.05) is 0 Å². The largest absolute Gasteiger partial charge is 0.396 e. The molecule has 0 bridgehead atoms. The Bertz CT molecular complexity index is 123. The maximum Gasteiger partial charge on any atom is 0.312 e. The molecule has 0 aliphatic rings. The lowest BCUT2D eigenvalue weighted by Crippen LogP contribution is -2.46. The van der Waals surface area contributed by atoms with Crippen molar-refractivity contribution in [3.8, 4) is 0 Å². The number of carbonyl (C=O) groups excluding carboxylic acids is 1. The van der Waals surface area contributed by atoms with E-state index in [1.165, 1.54) is 0 Å². The summed E-state index contributed by atoms with van der Waals surface area (Å²) in [7, 11) is 0. The number of rotatable bonds is 3. The van der Waals surface area contributed by atoms with Crippen LogP contribution in [0, 0.1) is 0 Å². The summed E-state index contributed by atoms with van der Waals surface area (Å²) >= 11 is 0. The Kier molecular flexibility index (Phi) is 3.15. The molecule has 0 rings (SSSR count). The molecule has 0 heterocycles. The molecule has 0 atom stereocenters. The molecule has 0 spiro atoms. The Hall–Kier alpha value is -0.770. The highest BCUT2D eigenvalue weighted by Gasteiger charge is 2.17. The van der Waals surface area contributed by atoms with Crippen LogP contribution in [0.25, 0.3) is 0 Å². The Balaban J connectivity index is 3.74. The summed E-state index contributed by atoms with van der Waals surface area (Å²) in [6, 6.07) is -0.557. The lowest BCUT2D eigenvalue weighted by atomic mass is 10.0. The topological polar surface area (TPSA) is 75.3 Å². The molecule has 4 N–H and O–H groups in total. The summed E-state index contributed by atoms with van der Waals surface area (Å²) in [6.45, 7) is 3.65. The third-order valence-electron chi connectivity index (χ3n) is 1.20. The van der Waals surface area contributed by atoms with E-state index in [-0.39, 0.29) is 6.61 Å². The summed E-state index contributed by atoms with van der Waals surface area (Å²) in [5.74, 6) is 0. The Morgan fingerprint density at radius 2 is 2.20 bits per heavy atom. The number of hydrogen-bond acceptors (Lipinski definition) is 2. The monoisotopic (exact) mass is 146 g/mol. The maximum absolute atomic E-state index is 10.3. The van der Waals surface area contributed by atoms with Gasteiger partial charge in [-0.25, -0.2) is 4.79 Å². The van der Waals surface area contributed by atoms with Gasteiger partial charge in [0.1, 0.15) is 0 Å². The van der Waals surface area contributed by atoms with Gasteiger partial charge >= 0.3 is 6.03 Å². The van der Waals surface area contributed by atoms with Gasteiger partial charge in [0.05, 0.1) is 0 Å². The van der Waals surface area contributed by atoms with E-state index < -0.39 is 11.6 Å². The number of nitrogens with two attached hydrogens (primary N) is 1. The average molecular weight is 146 g/mol. The quantitative estimate of drug-likeness (QED) is 0.516. The number of carbonyl (C=O) groups is 1. The molecule has 4 heteroatoms. The SMILES string of the molecule is CC(C)(CCO)NC(N)=O. The van der Waals surface area contributed by atoms with Gasteiger partial charge in [0, 0.05) is 12.1 Å². The fourth-order valence-electron chi connectivity index (χ4n) is 0.676. The maximum atomic E-state index is 10.3. The number of aliphatic hydroxyl groups excluding tert-OH is 1. The van der Waals surface area contributed by atoms with Crippen molar-refractivity contribution in [2.24, 2.45) is 5.73 Å². The highest BCUT2D eigenvalue weighted by Crippen LogP contribution is 2.05. The first-order valence-electron chi connectivity index (χ1n) is 3.16. The van der Waals surface area contributed by atoms with E-state index in [4.69, 9.17) is 10.8 Å². The summed E-state index contributed by atoms with van der Waals surface area (Å²) < 4.78 is 0. The highest BCUT2D eigenvalue weighted by atomic mass is 16.3. The highest BCUT2D eigenvalue weighted by molar-refractivity contribution is 5.72. The van der Waals surface area contributed by atoms with Crippen LogP contribution in [0.1, 0.15) is 20.3 Å². The van der Waals surface area contributed by atoms with Crippen LogP contribution in [-0.2, 0) is 0 Å². The first-order chi connectivity index (χ1) is 4.48. The molecule has 0 aromatic carbocycles. The molecular formula is C6H14N2O2. The predicted octanol–water partition coefficient (Wildman–Crippen LogP) is -0.184. The van der Waals surface area contributed by atoms with Gasteiger partial charge in [-0.15, -0.1) is 0 Å². The van der Waals surface area contributed by atoms with E-state index in [2.05, 4.69) is 5.32 Å². The molecule has 10 heavy (non-hydrogen) atoms. The standard InChI is InChI=1S/C6H14N2O2/c1-6(2,3-4-9)8-5(7)10/h9H,3-4H2,1-2H3,(H3,7,8,10). The second-order valence-electron chi connectivity index (χ2n) is 2.85. The van der Waals surface area contributed by atoms with Crippen LogP contribution in [0.3, 0.4) is 0 Å². The van der Waals surface area contributed by atoms with Crippen molar-refractivity contribution in [2.45, 2.75) is 25.8 Å². The molecule has 0 unspecified atom stereocenters. The van der Waals surface area contributed by atoms with E-state index in [0.29, 0.717) is 6.42 Å². The van der Waals surface area contributed by atoms with Gasteiger partial charge in [0.2, 0.25) is 0 Å². The van der Waals surface area contributed by atoms with Crippen LogP contribution < -0.4 is 11.1 Å². The van der Waals surface area contributed by atoms with Crippen LogP contribution in [0.4, 0.5) is 4.79 Å². The van der Waals surface area contributed by atoms with Gasteiger partial charge < -0.3 is 16.2 Å². The predicted molar refractivity (Wildman–Crippen MR) is 38.5 cm³/mol. The average Bonchev–Trinajstić information content (AvgIpc) is 1.59. The third-order valence-corrected chi connectivity index (χ3v) is 1.20. The van der Waals surface area contributed by atoms with Crippen LogP contribution in [-0.4, -0.2) is 23.3 Å². The minimum atomic E-state index is -0.557. The first-order valence-corrected chi connectivity index (χ1v) is 3.16. The smallest absolute Gasteiger partial charge is 0.312 e. The second-order valence-corrected chi connectivity index (χ2v) is 2.85. The van der Waals surface area contributed by atoms with Crippen molar-refractivity contribution in [1.82, 2.24) is 5.32 Å². The van der Waals surface area contributed by atoms with Crippen molar-refractivity contribution in [1.29, 1.82) is 0 Å². The second kappa shape index (κ2) is 3.41. The molecule has 2 amide bonds. The van der Waals surface area contributed by atoms with Crippen LogP contribution in [0.2, 0.25) is 0 Å². The number of hydrogen-bond donors (Lipinski definition) is 3. The van der Waals surface area contributed by atoms with E-state index in [0.717, 1.165) is 0 Å². The van der Waals surface area contributed by atoms with Crippen molar-refractivity contribution in [3.63, 3.8) is 0 Å². The van der Waals surface area contributed by atoms with E-state index in [1.807, 2.05) is 0 Å². The molecular weight excluding hydrogens is 132 g/mol. The zero-order chi connectivity index (χ0) is 8.20. The van der Waals surface area contributed by atoms with E-state index >= 15 is 0 Å². The number of aliphatic hydroxyl groups is 1. The van der Waals surface area contributed by atoms with Crippen molar-refractivity contribution < 1.29 is 9.90 Å². The molecule has 0 aromatic heterocycles. The first kappa shape index (κ1) is 9.23. The lowest BCUT2D eigenvalue weighted by Gasteiger charge is -2.23. The molecule has 60 valence electrons. The van der Waals surface area contributed by atoms with Gasteiger partial charge in [-0.05, 0) is 20.3 Å². The molecule has 0 radical (unpaired) electrons. The Morgan fingerprint density at radius 1 is 1.70 bits per heavy atom. The molecule has 0 saturated carbocycles. The van der Waals surface area contributed by atoms with E-state index in [9.17, 15) is 4.79 Å². The normalized spacial score (nSPS) is 11.1. The number of amides is 2. The summed E-state index contributed by atoms with van der Waals surface area (Å²) in [6.07, 6.45) is 0.510. The zero-order valence-electron chi connectivity index (χ0n) is 6.35. The zero-order valence-corrected chi connectivity index (χ0v) is 6.35. The van der Waals surface area contributed by atoms with Gasteiger partial charge in [-0.3, -0.25) is 0 Å². The summed E-state index contributed by atoms with van der Waals surface area (Å²) in [5.41, 5.74) is 4.47. The van der Waals surface area contributed by atoms with E-state index in [1.54, 1.807) is 13.8 Å². The molecule has 0 aromatic rings. The summed E-state index contributed by atoms with van der Waals surface area (Å²) in [5, 5.41) is 11.0. The molecule has 0 aliphatic heterocycles. The number of urea groups is 1. The van der Waals surface area contributed by atoms with Crippen molar-refractivity contribution >= 4 is 6.03 Å². The Labute approximate surface area is 60.4 Å². The van der Waals surface area contributed by atoms with Crippen LogP contribution >= 0.6 is 0 Å². The van der Waals surface area contributed by atoms with Gasteiger partial charge in [0.25, 0.3) is 0 Å². The minimum absolute atomic E-state index is 0.0489. The fraction of sp³-hybridized carbons (Fsp3) is 0.833. The van der Waals surface area contributed by atoms with Gasteiger partial charge in [0.15, 0.2) is 0 Å². The lowest BCUT2D eigenvalue weighted by molar-refractivity contribution is 0.216. The minimum Gasteiger partial charge on any atom is -0.396 e. The van der Waals surface area contributed by atoms with Gasteiger partial charge in [-0.2, -0.15) is 0 Å². The molecule has 0 fully saturated rings. The number of nitrogens with one attached hydrogen (secondary N) is 1. The van der Waals surface area contributed by atoms with Crippen molar-refractivity contribution in [2.75, 3.05) is 6.61 Å². The Morgan fingerprint density at radius 3 is 2.50 bits per heavy atom. The van der Waals surface area contributed by atoms with Crippen LogP contribution in [0.15, 0.2) is 0 Å². The summed E-state index contributed by atoms with van der Waals surface area (Å²) in [4.78, 5) is 10.3. The third kappa shape index (κ3) is 4.14. The van der Waals surface area contributed by atoms with Crippen molar-refractivity contribution in [3.05, 3.63) is 0 Å². The number of primary amides is 1. The fourth-order valence-corrected chi connectivity index (χ4v) is 0.676. The molecule has 4 nitrogen and oxygen atoms in total. The molecule has 0 aliphatic carbocycles. The van der Waals surface area contributed by atoms with Crippen LogP contribution in [0.5, 0.6) is 0 Å². The molecule has 0 saturated heterocycles.